The van der Waals surface area contributed by atoms with E-state index < -0.39 is 6.16 Å². The van der Waals surface area contributed by atoms with Gasteiger partial charge in [0, 0.05) is 0 Å². The van der Waals surface area contributed by atoms with Crippen LogP contribution >= 0.6 is 0 Å². The monoisotopic (exact) mass is 187 g/mol. The summed E-state index contributed by atoms with van der Waals surface area (Å²) in [6.45, 7) is 4.76. The highest BCUT2D eigenvalue weighted by Gasteiger charge is 2.14. The van der Waals surface area contributed by atoms with Gasteiger partial charge in [0.15, 0.2) is 0 Å². The van der Waals surface area contributed by atoms with Gasteiger partial charge in [0.2, 0.25) is 0 Å². The van der Waals surface area contributed by atoms with Crippen molar-refractivity contribution in [1.29, 1.82) is 0 Å². The van der Waals surface area contributed by atoms with Crippen molar-refractivity contribution >= 4 is 6.16 Å². The maximum Gasteiger partial charge on any atom is 0.508 e. The molecular weight excluding hydrogens is 170 g/mol. The van der Waals surface area contributed by atoms with Crippen LogP contribution in [0.4, 0.5) is 4.79 Å². The Balaban J connectivity index is 1.96. The van der Waals surface area contributed by atoms with E-state index in [1.54, 1.807) is 6.92 Å². The first-order valence-electron chi connectivity index (χ1n) is 4.83. The van der Waals surface area contributed by atoms with Crippen molar-refractivity contribution in [3.8, 4) is 0 Å². The van der Waals surface area contributed by atoms with Crippen LogP contribution in [0.5, 0.6) is 0 Å². The summed E-state index contributed by atoms with van der Waals surface area (Å²) in [5.41, 5.74) is 0. The SMILES string of the molecule is CCOC(=O)OCCC1CCNC1. The van der Waals surface area contributed by atoms with Crippen LogP contribution in [0.15, 0.2) is 0 Å². The molecule has 1 heterocycles. The highest BCUT2D eigenvalue weighted by molar-refractivity contribution is 5.59. The highest BCUT2D eigenvalue weighted by Crippen LogP contribution is 2.11. The zero-order valence-electron chi connectivity index (χ0n) is 8.04. The average molecular weight is 187 g/mol. The lowest BCUT2D eigenvalue weighted by Gasteiger charge is -2.08. The molecule has 1 unspecified atom stereocenters. The van der Waals surface area contributed by atoms with Crippen LogP contribution in [0.1, 0.15) is 19.8 Å². The summed E-state index contributed by atoms with van der Waals surface area (Å²) in [6.07, 6.45) is 1.58. The summed E-state index contributed by atoms with van der Waals surface area (Å²) in [4.78, 5) is 10.8. The fourth-order valence-corrected chi connectivity index (χ4v) is 1.43. The molecule has 76 valence electrons. The molecular formula is C9H17NO3. The molecule has 0 amide bonds. The third-order valence-corrected chi connectivity index (χ3v) is 2.17. The van der Waals surface area contributed by atoms with Gasteiger partial charge in [0.05, 0.1) is 13.2 Å². The van der Waals surface area contributed by atoms with E-state index in [-0.39, 0.29) is 0 Å². The van der Waals surface area contributed by atoms with Crippen molar-refractivity contribution in [2.75, 3.05) is 26.3 Å². The van der Waals surface area contributed by atoms with Crippen molar-refractivity contribution < 1.29 is 14.3 Å². The first-order valence-corrected chi connectivity index (χ1v) is 4.83. The Morgan fingerprint density at radius 1 is 1.54 bits per heavy atom. The first-order chi connectivity index (χ1) is 6.33. The van der Waals surface area contributed by atoms with Crippen LogP contribution in [-0.2, 0) is 9.47 Å². The van der Waals surface area contributed by atoms with E-state index >= 15 is 0 Å². The second-order valence-corrected chi connectivity index (χ2v) is 3.18. The molecule has 13 heavy (non-hydrogen) atoms. The van der Waals surface area contributed by atoms with E-state index in [1.807, 2.05) is 0 Å². The van der Waals surface area contributed by atoms with E-state index in [9.17, 15) is 4.79 Å². The Bertz CT molecular complexity index is 155. The summed E-state index contributed by atoms with van der Waals surface area (Å²) in [5.74, 6) is 0.662. The van der Waals surface area contributed by atoms with Crippen LogP contribution < -0.4 is 5.32 Å². The van der Waals surface area contributed by atoms with Crippen molar-refractivity contribution in [2.45, 2.75) is 19.8 Å². The van der Waals surface area contributed by atoms with Crippen molar-refractivity contribution in [3.05, 3.63) is 0 Å². The number of hydrogen-bond donors (Lipinski definition) is 1. The van der Waals surface area contributed by atoms with Gasteiger partial charge in [-0.25, -0.2) is 4.79 Å². The molecule has 1 aliphatic heterocycles. The Morgan fingerprint density at radius 3 is 3.00 bits per heavy atom. The van der Waals surface area contributed by atoms with Crippen molar-refractivity contribution in [1.82, 2.24) is 5.32 Å². The topological polar surface area (TPSA) is 47.6 Å². The third-order valence-electron chi connectivity index (χ3n) is 2.17. The second kappa shape index (κ2) is 5.80. The number of ether oxygens (including phenoxy) is 2. The summed E-state index contributed by atoms with van der Waals surface area (Å²) in [6, 6.07) is 0. The van der Waals surface area contributed by atoms with Gasteiger partial charge in [-0.2, -0.15) is 0 Å². The lowest BCUT2D eigenvalue weighted by atomic mass is 10.1. The predicted octanol–water partition coefficient (Wildman–Crippen LogP) is 1.16. The molecule has 1 rings (SSSR count). The van der Waals surface area contributed by atoms with Gasteiger partial charge in [-0.05, 0) is 38.8 Å². The summed E-state index contributed by atoms with van der Waals surface area (Å²) < 4.78 is 9.49. The molecule has 1 fully saturated rings. The van der Waals surface area contributed by atoms with E-state index in [4.69, 9.17) is 4.74 Å². The molecule has 0 saturated carbocycles. The largest absolute Gasteiger partial charge is 0.508 e. The quantitative estimate of drug-likeness (QED) is 0.671. The fraction of sp³-hybridized carbons (Fsp3) is 0.889. The van der Waals surface area contributed by atoms with Crippen LogP contribution in [-0.4, -0.2) is 32.5 Å². The van der Waals surface area contributed by atoms with Crippen LogP contribution in [0.3, 0.4) is 0 Å². The summed E-state index contributed by atoms with van der Waals surface area (Å²) >= 11 is 0. The van der Waals surface area contributed by atoms with Crippen molar-refractivity contribution in [3.63, 3.8) is 0 Å². The minimum absolute atomic E-state index is 0.379. The predicted molar refractivity (Wildman–Crippen MR) is 48.6 cm³/mol. The molecule has 0 bridgehead atoms. The molecule has 0 aromatic heterocycles. The van der Waals surface area contributed by atoms with Gasteiger partial charge in [0.25, 0.3) is 0 Å². The van der Waals surface area contributed by atoms with Crippen LogP contribution in [0.2, 0.25) is 0 Å². The van der Waals surface area contributed by atoms with Gasteiger partial charge in [-0.15, -0.1) is 0 Å². The van der Waals surface area contributed by atoms with E-state index in [2.05, 4.69) is 10.1 Å². The van der Waals surface area contributed by atoms with E-state index in [0.29, 0.717) is 19.1 Å². The summed E-state index contributed by atoms with van der Waals surface area (Å²) in [7, 11) is 0. The number of hydrogen-bond acceptors (Lipinski definition) is 4. The minimum atomic E-state index is -0.548. The highest BCUT2D eigenvalue weighted by atomic mass is 16.7. The Hall–Kier alpha value is -0.770. The maximum atomic E-state index is 10.8. The molecule has 0 aliphatic carbocycles. The minimum Gasteiger partial charge on any atom is -0.435 e. The molecule has 0 aromatic rings. The molecule has 4 heteroatoms. The van der Waals surface area contributed by atoms with Gasteiger partial charge in [0.1, 0.15) is 0 Å². The first kappa shape index (κ1) is 10.3. The lowest BCUT2D eigenvalue weighted by molar-refractivity contribution is 0.0556. The molecule has 1 N–H and O–H groups in total. The molecule has 1 atom stereocenters. The maximum absolute atomic E-state index is 10.8. The number of carbonyl (C=O) groups is 1. The van der Waals surface area contributed by atoms with E-state index in [0.717, 1.165) is 19.5 Å². The van der Waals surface area contributed by atoms with Gasteiger partial charge in [-0.1, -0.05) is 0 Å². The van der Waals surface area contributed by atoms with Gasteiger partial charge < -0.3 is 14.8 Å². The zero-order chi connectivity index (χ0) is 9.52. The van der Waals surface area contributed by atoms with Gasteiger partial charge in [-0.3, -0.25) is 0 Å². The Kier molecular flexibility index (Phi) is 4.60. The van der Waals surface area contributed by atoms with Gasteiger partial charge >= 0.3 is 6.16 Å². The van der Waals surface area contributed by atoms with Crippen molar-refractivity contribution in [2.24, 2.45) is 5.92 Å². The number of rotatable bonds is 4. The molecule has 1 aliphatic rings. The average Bonchev–Trinajstić information content (AvgIpc) is 2.57. The number of carbonyl (C=O) groups excluding carboxylic acids is 1. The summed E-state index contributed by atoms with van der Waals surface area (Å²) in [5, 5.41) is 3.26. The molecule has 0 aromatic carbocycles. The van der Waals surface area contributed by atoms with Crippen LogP contribution in [0, 0.1) is 5.92 Å². The standard InChI is InChI=1S/C9H17NO3/c1-2-12-9(11)13-6-4-8-3-5-10-7-8/h8,10H,2-7H2,1H3. The molecule has 4 nitrogen and oxygen atoms in total. The second-order valence-electron chi connectivity index (χ2n) is 3.18. The van der Waals surface area contributed by atoms with E-state index in [1.165, 1.54) is 6.42 Å². The zero-order valence-corrected chi connectivity index (χ0v) is 8.04. The Morgan fingerprint density at radius 2 is 2.38 bits per heavy atom. The molecule has 0 spiro atoms. The lowest BCUT2D eigenvalue weighted by Crippen LogP contribution is -2.13. The normalized spacial score (nSPS) is 21.5. The molecule has 0 radical (unpaired) electrons. The third kappa shape index (κ3) is 4.12. The smallest absolute Gasteiger partial charge is 0.435 e. The van der Waals surface area contributed by atoms with Crippen LogP contribution in [0.25, 0.3) is 0 Å². The molecule has 1 saturated heterocycles. The number of nitrogens with one attached hydrogen (secondary N) is 1. The Labute approximate surface area is 78.6 Å². The fourth-order valence-electron chi connectivity index (χ4n) is 1.43.